The standard InChI is InChI=1S/C19H30N4O2S/c1-13(26-18-22-20-12-23(18)4-3-5-25-2)17(24)21-19-9-14-6-15(10-19)8-16(7-14)11-19/h12-16H,3-11H2,1-2H3,(H,21,24). The highest BCUT2D eigenvalue weighted by atomic mass is 32.2. The lowest BCUT2D eigenvalue weighted by Gasteiger charge is -2.57. The number of aryl methyl sites for hydroxylation is 1. The highest BCUT2D eigenvalue weighted by Crippen LogP contribution is 2.55. The van der Waals surface area contributed by atoms with E-state index in [1.54, 1.807) is 13.4 Å². The topological polar surface area (TPSA) is 69.0 Å². The van der Waals surface area contributed by atoms with Crippen molar-refractivity contribution in [2.75, 3.05) is 13.7 Å². The molecule has 0 spiro atoms. The first-order valence-electron chi connectivity index (χ1n) is 9.92. The van der Waals surface area contributed by atoms with Crippen molar-refractivity contribution in [1.29, 1.82) is 0 Å². The molecule has 4 saturated carbocycles. The number of methoxy groups -OCH3 is 1. The second-order valence-corrected chi connectivity index (χ2v) is 9.91. The molecule has 4 bridgehead atoms. The Hall–Kier alpha value is -1.08. The largest absolute Gasteiger partial charge is 0.385 e. The average molecular weight is 379 g/mol. The smallest absolute Gasteiger partial charge is 0.233 e. The maximum Gasteiger partial charge on any atom is 0.233 e. The predicted octanol–water partition coefficient (Wildman–Crippen LogP) is 2.88. The number of carbonyl (C=O) groups excluding carboxylic acids is 1. The van der Waals surface area contributed by atoms with Gasteiger partial charge in [-0.15, -0.1) is 10.2 Å². The van der Waals surface area contributed by atoms with Crippen molar-refractivity contribution in [3.05, 3.63) is 6.33 Å². The lowest BCUT2D eigenvalue weighted by Crippen LogP contribution is -2.60. The van der Waals surface area contributed by atoms with Crippen molar-refractivity contribution < 1.29 is 9.53 Å². The van der Waals surface area contributed by atoms with Crippen LogP contribution in [0.3, 0.4) is 0 Å². The number of aromatic nitrogens is 3. The molecule has 0 saturated heterocycles. The Bertz CT molecular complexity index is 612. The lowest BCUT2D eigenvalue weighted by molar-refractivity contribution is -0.126. The number of ether oxygens (including phenoxy) is 1. The Labute approximate surface area is 159 Å². The second kappa shape index (κ2) is 7.50. The molecule has 1 unspecified atom stereocenters. The summed E-state index contributed by atoms with van der Waals surface area (Å²) in [5, 5.41) is 12.3. The first-order valence-corrected chi connectivity index (χ1v) is 10.8. The number of hydrogen-bond acceptors (Lipinski definition) is 5. The third kappa shape index (κ3) is 3.79. The molecule has 1 atom stereocenters. The number of amides is 1. The van der Waals surface area contributed by atoms with Crippen LogP contribution in [0.25, 0.3) is 0 Å². The van der Waals surface area contributed by atoms with Gasteiger partial charge in [-0.3, -0.25) is 4.79 Å². The van der Waals surface area contributed by atoms with Gasteiger partial charge in [-0.05, 0) is 69.6 Å². The zero-order valence-corrected chi connectivity index (χ0v) is 16.6. The van der Waals surface area contributed by atoms with Gasteiger partial charge in [0, 0.05) is 25.8 Å². The SMILES string of the molecule is COCCCn1cnnc1SC(C)C(=O)NC12CC3CC(CC(C3)C1)C2. The summed E-state index contributed by atoms with van der Waals surface area (Å²) in [6.07, 6.45) is 10.4. The Balaban J connectivity index is 1.35. The van der Waals surface area contributed by atoms with Crippen LogP contribution in [0.4, 0.5) is 0 Å². The number of nitrogens with one attached hydrogen (secondary N) is 1. The van der Waals surface area contributed by atoms with E-state index >= 15 is 0 Å². The summed E-state index contributed by atoms with van der Waals surface area (Å²) in [5.74, 6) is 2.68. The zero-order valence-electron chi connectivity index (χ0n) is 15.8. The molecule has 0 aromatic carbocycles. The fourth-order valence-electron chi connectivity index (χ4n) is 5.71. The van der Waals surface area contributed by atoms with Crippen LogP contribution in [-0.4, -0.2) is 45.2 Å². The molecule has 1 aromatic rings. The van der Waals surface area contributed by atoms with Gasteiger partial charge in [-0.2, -0.15) is 0 Å². The number of rotatable bonds is 8. The van der Waals surface area contributed by atoms with Crippen molar-refractivity contribution in [3.63, 3.8) is 0 Å². The summed E-state index contributed by atoms with van der Waals surface area (Å²) in [5.41, 5.74) is 0.0762. The van der Waals surface area contributed by atoms with Crippen molar-refractivity contribution in [1.82, 2.24) is 20.1 Å². The fourth-order valence-corrected chi connectivity index (χ4v) is 6.56. The molecule has 1 heterocycles. The average Bonchev–Trinajstić information content (AvgIpc) is 3.00. The van der Waals surface area contributed by atoms with E-state index in [1.165, 1.54) is 50.3 Å². The van der Waals surface area contributed by atoms with Gasteiger partial charge in [0.15, 0.2) is 5.16 Å². The maximum absolute atomic E-state index is 12.9. The van der Waals surface area contributed by atoms with Gasteiger partial charge in [0.25, 0.3) is 0 Å². The zero-order chi connectivity index (χ0) is 18.1. The van der Waals surface area contributed by atoms with Crippen LogP contribution in [0.5, 0.6) is 0 Å². The summed E-state index contributed by atoms with van der Waals surface area (Å²) in [6.45, 7) is 3.51. The maximum atomic E-state index is 12.9. The molecular formula is C19H30N4O2S. The molecule has 1 N–H and O–H groups in total. The van der Waals surface area contributed by atoms with Gasteiger partial charge in [0.1, 0.15) is 6.33 Å². The first-order chi connectivity index (χ1) is 12.6. The molecule has 144 valence electrons. The van der Waals surface area contributed by atoms with E-state index in [1.807, 2.05) is 11.5 Å². The van der Waals surface area contributed by atoms with E-state index in [0.717, 1.165) is 35.9 Å². The second-order valence-electron chi connectivity index (χ2n) is 8.60. The van der Waals surface area contributed by atoms with Gasteiger partial charge in [0.2, 0.25) is 5.91 Å². The fraction of sp³-hybridized carbons (Fsp3) is 0.842. The molecular weight excluding hydrogens is 348 g/mol. The van der Waals surface area contributed by atoms with Crippen molar-refractivity contribution in [3.8, 4) is 0 Å². The van der Waals surface area contributed by atoms with E-state index in [4.69, 9.17) is 4.74 Å². The normalized spacial score (nSPS) is 33.4. The van der Waals surface area contributed by atoms with Gasteiger partial charge < -0.3 is 14.6 Å². The number of carbonyl (C=O) groups is 1. The lowest BCUT2D eigenvalue weighted by atomic mass is 9.53. The minimum Gasteiger partial charge on any atom is -0.385 e. The van der Waals surface area contributed by atoms with Crippen LogP contribution in [-0.2, 0) is 16.1 Å². The van der Waals surface area contributed by atoms with Crippen LogP contribution in [0.1, 0.15) is 51.9 Å². The quantitative estimate of drug-likeness (QED) is 0.556. The Morgan fingerprint density at radius 3 is 2.62 bits per heavy atom. The molecule has 4 fully saturated rings. The number of thioether (sulfide) groups is 1. The molecule has 7 heteroatoms. The van der Waals surface area contributed by atoms with E-state index in [-0.39, 0.29) is 16.7 Å². The molecule has 6 nitrogen and oxygen atoms in total. The van der Waals surface area contributed by atoms with E-state index in [2.05, 4.69) is 15.5 Å². The first kappa shape index (κ1) is 18.3. The third-order valence-corrected chi connectivity index (χ3v) is 7.50. The van der Waals surface area contributed by atoms with Gasteiger partial charge in [-0.1, -0.05) is 11.8 Å². The van der Waals surface area contributed by atoms with Crippen LogP contribution < -0.4 is 5.32 Å². The van der Waals surface area contributed by atoms with Crippen LogP contribution in [0.2, 0.25) is 0 Å². The van der Waals surface area contributed by atoms with Crippen molar-refractivity contribution in [2.24, 2.45) is 17.8 Å². The molecule has 5 rings (SSSR count). The van der Waals surface area contributed by atoms with Gasteiger partial charge in [-0.25, -0.2) is 0 Å². The van der Waals surface area contributed by atoms with Gasteiger partial charge >= 0.3 is 0 Å². The van der Waals surface area contributed by atoms with Gasteiger partial charge in [0.05, 0.1) is 5.25 Å². The van der Waals surface area contributed by atoms with Crippen molar-refractivity contribution in [2.45, 2.75) is 74.4 Å². The molecule has 1 amide bonds. The summed E-state index contributed by atoms with van der Waals surface area (Å²) in [4.78, 5) is 12.9. The summed E-state index contributed by atoms with van der Waals surface area (Å²) in [6, 6.07) is 0. The van der Waals surface area contributed by atoms with Crippen molar-refractivity contribution >= 4 is 17.7 Å². The van der Waals surface area contributed by atoms with E-state index in [9.17, 15) is 4.79 Å². The highest BCUT2D eigenvalue weighted by Gasteiger charge is 2.51. The molecule has 4 aliphatic rings. The van der Waals surface area contributed by atoms with Crippen LogP contribution in [0, 0.1) is 17.8 Å². The highest BCUT2D eigenvalue weighted by molar-refractivity contribution is 8.00. The Morgan fingerprint density at radius 2 is 2.00 bits per heavy atom. The summed E-state index contributed by atoms with van der Waals surface area (Å²) in [7, 11) is 1.71. The van der Waals surface area contributed by atoms with E-state index in [0.29, 0.717) is 6.61 Å². The molecule has 4 aliphatic carbocycles. The minimum atomic E-state index is -0.159. The predicted molar refractivity (Wildman–Crippen MR) is 101 cm³/mol. The Kier molecular flexibility index (Phi) is 5.28. The third-order valence-electron chi connectivity index (χ3n) is 6.41. The monoisotopic (exact) mass is 378 g/mol. The van der Waals surface area contributed by atoms with Crippen LogP contribution in [0.15, 0.2) is 11.5 Å². The Morgan fingerprint density at radius 1 is 1.35 bits per heavy atom. The minimum absolute atomic E-state index is 0.0762. The summed E-state index contributed by atoms with van der Waals surface area (Å²) >= 11 is 1.51. The molecule has 0 aliphatic heterocycles. The van der Waals surface area contributed by atoms with E-state index < -0.39 is 0 Å². The molecule has 1 aromatic heterocycles. The number of nitrogens with zero attached hydrogens (tertiary/aromatic N) is 3. The molecule has 26 heavy (non-hydrogen) atoms. The number of hydrogen-bond donors (Lipinski definition) is 1. The molecule has 0 radical (unpaired) electrons. The van der Waals surface area contributed by atoms with Crippen LogP contribution >= 0.6 is 11.8 Å². The summed E-state index contributed by atoms with van der Waals surface area (Å²) < 4.78 is 7.12.